The molecule has 2 nitrogen and oxygen atoms in total. The van der Waals surface area contributed by atoms with E-state index >= 15 is 0 Å². The Morgan fingerprint density at radius 2 is 2.44 bits per heavy atom. The van der Waals surface area contributed by atoms with Crippen molar-refractivity contribution in [3.8, 4) is 0 Å². The average molecular weight is 325 g/mol. The van der Waals surface area contributed by atoms with Crippen LogP contribution < -0.4 is 5.32 Å². The van der Waals surface area contributed by atoms with E-state index in [2.05, 4.69) is 27.3 Å². The minimum atomic E-state index is 0.374. The molecule has 1 aliphatic rings. The van der Waals surface area contributed by atoms with Crippen molar-refractivity contribution in [2.45, 2.75) is 38.0 Å². The lowest BCUT2D eigenvalue weighted by atomic mass is 10.2. The van der Waals surface area contributed by atoms with Crippen LogP contribution in [0.4, 0.5) is 0 Å². The van der Waals surface area contributed by atoms with E-state index in [1.165, 1.54) is 24.1 Å². The Labute approximate surface area is 113 Å². The third-order valence-electron chi connectivity index (χ3n) is 2.99. The summed E-state index contributed by atoms with van der Waals surface area (Å²) in [6.45, 7) is 0.876. The molecule has 0 aliphatic heterocycles. The summed E-state index contributed by atoms with van der Waals surface area (Å²) >= 11 is 11.0. The molecule has 0 saturated heterocycles. The summed E-state index contributed by atoms with van der Waals surface area (Å²) in [5.74, 6) is 0. The Balaban J connectivity index is 1.87. The predicted octanol–water partition coefficient (Wildman–Crippen LogP) is 3.82. The van der Waals surface area contributed by atoms with E-state index in [-0.39, 0.29) is 0 Å². The fourth-order valence-corrected chi connectivity index (χ4v) is 3.89. The van der Waals surface area contributed by atoms with Crippen molar-refractivity contribution in [1.29, 1.82) is 0 Å². The molecule has 2 rings (SSSR count). The van der Waals surface area contributed by atoms with E-state index in [0.717, 1.165) is 15.4 Å². The van der Waals surface area contributed by atoms with Gasteiger partial charge in [-0.3, -0.25) is 0 Å². The summed E-state index contributed by atoms with van der Waals surface area (Å²) in [5.41, 5.74) is 0. The molecule has 1 aromatic rings. The van der Waals surface area contributed by atoms with Gasteiger partial charge >= 0.3 is 0 Å². The zero-order valence-corrected chi connectivity index (χ0v) is 12.3. The molecular formula is C11H15BrClNOS. The van der Waals surface area contributed by atoms with Crippen molar-refractivity contribution in [2.75, 3.05) is 7.11 Å². The molecule has 2 atom stereocenters. The topological polar surface area (TPSA) is 21.3 Å². The van der Waals surface area contributed by atoms with Crippen molar-refractivity contribution < 1.29 is 4.74 Å². The molecule has 0 spiro atoms. The lowest BCUT2D eigenvalue weighted by Crippen LogP contribution is -2.36. The summed E-state index contributed by atoms with van der Waals surface area (Å²) < 4.78 is 7.26. The van der Waals surface area contributed by atoms with Gasteiger partial charge in [0, 0.05) is 29.0 Å². The number of ether oxygens (including phenoxy) is 1. The highest BCUT2D eigenvalue weighted by atomic mass is 79.9. The number of halogens is 2. The molecule has 1 N–H and O–H groups in total. The van der Waals surface area contributed by atoms with Crippen LogP contribution in [0.15, 0.2) is 10.5 Å². The van der Waals surface area contributed by atoms with Crippen LogP contribution in [0, 0.1) is 0 Å². The fourth-order valence-electron chi connectivity index (χ4n) is 2.15. The largest absolute Gasteiger partial charge is 0.380 e. The maximum absolute atomic E-state index is 6.00. The molecule has 16 heavy (non-hydrogen) atoms. The third-order valence-corrected chi connectivity index (χ3v) is 5.46. The second-order valence-corrected chi connectivity index (χ2v) is 6.62. The van der Waals surface area contributed by atoms with Crippen molar-refractivity contribution in [3.63, 3.8) is 0 Å². The van der Waals surface area contributed by atoms with Crippen molar-refractivity contribution in [2.24, 2.45) is 0 Å². The highest BCUT2D eigenvalue weighted by Crippen LogP contribution is 2.32. The summed E-state index contributed by atoms with van der Waals surface area (Å²) in [7, 11) is 1.79. The van der Waals surface area contributed by atoms with Gasteiger partial charge in [-0.2, -0.15) is 0 Å². The van der Waals surface area contributed by atoms with Crippen LogP contribution in [0.3, 0.4) is 0 Å². The van der Waals surface area contributed by atoms with Crippen molar-refractivity contribution >= 4 is 38.9 Å². The quantitative estimate of drug-likeness (QED) is 0.909. The standard InChI is InChI=1S/C11H15BrClNOS/c1-15-10-4-2-3-9(10)14-6-7-5-8(12)11(13)16-7/h5,9-10,14H,2-4,6H2,1H3. The van der Waals surface area contributed by atoms with Gasteiger partial charge in [0.05, 0.1) is 6.10 Å². The first kappa shape index (κ1) is 12.8. The molecule has 1 fully saturated rings. The van der Waals surface area contributed by atoms with Crippen molar-refractivity contribution in [1.82, 2.24) is 5.32 Å². The Morgan fingerprint density at radius 3 is 3.06 bits per heavy atom. The third kappa shape index (κ3) is 2.99. The SMILES string of the molecule is COC1CCCC1NCc1cc(Br)c(Cl)s1. The summed E-state index contributed by atoms with van der Waals surface area (Å²) in [6, 6.07) is 2.57. The van der Waals surface area contributed by atoms with Gasteiger partial charge in [-0.15, -0.1) is 11.3 Å². The second-order valence-electron chi connectivity index (χ2n) is 4.03. The number of rotatable bonds is 4. The first-order valence-corrected chi connectivity index (χ1v) is 7.39. The Kier molecular flexibility index (Phi) is 4.67. The molecule has 0 aromatic carbocycles. The summed E-state index contributed by atoms with van der Waals surface area (Å²) in [6.07, 6.45) is 4.01. The van der Waals surface area contributed by atoms with Gasteiger partial charge < -0.3 is 10.1 Å². The smallest absolute Gasteiger partial charge is 0.107 e. The molecule has 1 saturated carbocycles. The molecule has 5 heteroatoms. The Hall–Kier alpha value is 0.390. The minimum absolute atomic E-state index is 0.374. The van der Waals surface area contributed by atoms with Crippen LogP contribution in [0.5, 0.6) is 0 Å². The monoisotopic (exact) mass is 323 g/mol. The first-order chi connectivity index (χ1) is 7.70. The van der Waals surface area contributed by atoms with Crippen LogP contribution in [0.1, 0.15) is 24.1 Å². The van der Waals surface area contributed by atoms with Gasteiger partial charge in [-0.05, 0) is 41.3 Å². The normalized spacial score (nSPS) is 25.2. The highest BCUT2D eigenvalue weighted by molar-refractivity contribution is 9.10. The average Bonchev–Trinajstić information content (AvgIpc) is 2.83. The van der Waals surface area contributed by atoms with E-state index in [1.54, 1.807) is 18.4 Å². The molecule has 0 radical (unpaired) electrons. The van der Waals surface area contributed by atoms with Gasteiger partial charge in [0.25, 0.3) is 0 Å². The van der Waals surface area contributed by atoms with Crippen LogP contribution >= 0.6 is 38.9 Å². The van der Waals surface area contributed by atoms with Crippen LogP contribution in [-0.4, -0.2) is 19.3 Å². The minimum Gasteiger partial charge on any atom is -0.380 e. The van der Waals surface area contributed by atoms with E-state index in [0.29, 0.717) is 12.1 Å². The van der Waals surface area contributed by atoms with Gasteiger partial charge in [0.1, 0.15) is 4.34 Å². The Morgan fingerprint density at radius 1 is 1.62 bits per heavy atom. The lowest BCUT2D eigenvalue weighted by Gasteiger charge is -2.19. The molecule has 1 heterocycles. The highest BCUT2D eigenvalue weighted by Gasteiger charge is 2.26. The van der Waals surface area contributed by atoms with Gasteiger partial charge in [0.15, 0.2) is 0 Å². The molecule has 0 amide bonds. The lowest BCUT2D eigenvalue weighted by molar-refractivity contribution is 0.0848. The maximum Gasteiger partial charge on any atom is 0.107 e. The van der Waals surface area contributed by atoms with E-state index in [9.17, 15) is 0 Å². The molecule has 1 aromatic heterocycles. The number of thiophene rings is 1. The first-order valence-electron chi connectivity index (χ1n) is 5.40. The van der Waals surface area contributed by atoms with Gasteiger partial charge in [-0.25, -0.2) is 0 Å². The van der Waals surface area contributed by atoms with Crippen LogP contribution in [0.2, 0.25) is 4.34 Å². The summed E-state index contributed by atoms with van der Waals surface area (Å²) in [5, 5.41) is 3.55. The van der Waals surface area contributed by atoms with Crippen LogP contribution in [-0.2, 0) is 11.3 Å². The summed E-state index contributed by atoms with van der Waals surface area (Å²) in [4.78, 5) is 1.26. The zero-order valence-electron chi connectivity index (χ0n) is 9.13. The van der Waals surface area contributed by atoms with Gasteiger partial charge in [-0.1, -0.05) is 11.6 Å². The van der Waals surface area contributed by atoms with E-state index in [4.69, 9.17) is 16.3 Å². The number of hydrogen-bond donors (Lipinski definition) is 1. The molecular weight excluding hydrogens is 310 g/mol. The van der Waals surface area contributed by atoms with Gasteiger partial charge in [0.2, 0.25) is 0 Å². The molecule has 1 aliphatic carbocycles. The number of hydrogen-bond acceptors (Lipinski definition) is 3. The fraction of sp³-hybridized carbons (Fsp3) is 0.636. The molecule has 2 unspecified atom stereocenters. The van der Waals surface area contributed by atoms with E-state index in [1.807, 2.05) is 0 Å². The number of nitrogens with one attached hydrogen (secondary N) is 1. The second kappa shape index (κ2) is 5.83. The predicted molar refractivity (Wildman–Crippen MR) is 72.3 cm³/mol. The van der Waals surface area contributed by atoms with Crippen molar-refractivity contribution in [3.05, 3.63) is 19.8 Å². The molecule has 90 valence electrons. The van der Waals surface area contributed by atoms with Crippen LogP contribution in [0.25, 0.3) is 0 Å². The Bertz CT molecular complexity index is 338. The zero-order chi connectivity index (χ0) is 11.5. The van der Waals surface area contributed by atoms with E-state index < -0.39 is 0 Å². The number of methoxy groups -OCH3 is 1. The molecule has 0 bridgehead atoms. The maximum atomic E-state index is 6.00.